The summed E-state index contributed by atoms with van der Waals surface area (Å²) in [5, 5.41) is 0. The minimum atomic E-state index is -0.0747. The smallest absolute Gasteiger partial charge is 0.309 e. The number of rotatable bonds is 2. The molecule has 0 heterocycles. The molecule has 2 aliphatic rings. The van der Waals surface area contributed by atoms with Gasteiger partial charge in [0.15, 0.2) is 0 Å². The van der Waals surface area contributed by atoms with E-state index in [1.807, 2.05) is 0 Å². The van der Waals surface area contributed by atoms with Crippen LogP contribution < -0.4 is 0 Å². The molecule has 0 N–H and O–H groups in total. The lowest BCUT2D eigenvalue weighted by Gasteiger charge is -2.20. The average molecular weight is 214 g/mol. The standard InChI is InChI=1S/C10H15O3P/c11-7-1-3-10(4-2-7)5-8(10)9(12)13-6-14/h8H,1-6,14H2. The number of carbonyl (C=O) groups is 2. The van der Waals surface area contributed by atoms with Crippen molar-refractivity contribution in [2.75, 3.05) is 6.35 Å². The zero-order valence-electron chi connectivity index (χ0n) is 8.12. The SMILES string of the molecule is O=C1CCC2(CC1)CC2C(=O)OCP. The normalized spacial score (nSPS) is 28.9. The van der Waals surface area contributed by atoms with E-state index in [0.29, 0.717) is 25.0 Å². The lowest BCUT2D eigenvalue weighted by molar-refractivity contribution is -0.144. The molecule has 14 heavy (non-hydrogen) atoms. The van der Waals surface area contributed by atoms with E-state index in [1.54, 1.807) is 0 Å². The highest BCUT2D eigenvalue weighted by Gasteiger charge is 2.59. The highest BCUT2D eigenvalue weighted by atomic mass is 31.0. The topological polar surface area (TPSA) is 43.4 Å². The Balaban J connectivity index is 1.90. The van der Waals surface area contributed by atoms with Gasteiger partial charge in [0, 0.05) is 12.8 Å². The highest BCUT2D eigenvalue weighted by molar-refractivity contribution is 7.16. The van der Waals surface area contributed by atoms with Gasteiger partial charge in [0.1, 0.15) is 12.1 Å². The third kappa shape index (κ3) is 1.70. The first-order valence-corrected chi connectivity index (χ1v) is 5.88. The van der Waals surface area contributed by atoms with Gasteiger partial charge in [-0.2, -0.15) is 0 Å². The van der Waals surface area contributed by atoms with Crippen LogP contribution in [-0.4, -0.2) is 18.1 Å². The van der Waals surface area contributed by atoms with E-state index < -0.39 is 0 Å². The molecule has 4 heteroatoms. The van der Waals surface area contributed by atoms with E-state index in [4.69, 9.17) is 4.74 Å². The lowest BCUT2D eigenvalue weighted by Crippen LogP contribution is -2.20. The molecule has 2 fully saturated rings. The van der Waals surface area contributed by atoms with E-state index in [1.165, 1.54) is 0 Å². The molecule has 0 saturated heterocycles. The molecule has 0 aromatic rings. The Labute approximate surface area is 85.8 Å². The van der Waals surface area contributed by atoms with Crippen LogP contribution in [0.25, 0.3) is 0 Å². The third-order valence-corrected chi connectivity index (χ3v) is 3.67. The molecule has 3 nitrogen and oxygen atoms in total. The average Bonchev–Trinajstić information content (AvgIpc) is 2.87. The maximum absolute atomic E-state index is 11.4. The number of Topliss-reactive ketones (excluding diaryl/α,β-unsaturated/α-hetero) is 1. The van der Waals surface area contributed by atoms with Crippen molar-refractivity contribution in [2.24, 2.45) is 11.3 Å². The van der Waals surface area contributed by atoms with Crippen molar-refractivity contribution >= 4 is 21.0 Å². The Morgan fingerprint density at radius 2 is 2.14 bits per heavy atom. The van der Waals surface area contributed by atoms with Crippen molar-refractivity contribution in [3.05, 3.63) is 0 Å². The van der Waals surface area contributed by atoms with Crippen LogP contribution in [0.1, 0.15) is 32.1 Å². The van der Waals surface area contributed by atoms with E-state index in [2.05, 4.69) is 9.24 Å². The van der Waals surface area contributed by atoms with Gasteiger partial charge >= 0.3 is 5.97 Å². The summed E-state index contributed by atoms with van der Waals surface area (Å²) in [5.74, 6) is 0.353. The summed E-state index contributed by atoms with van der Waals surface area (Å²) in [5.41, 5.74) is 0.144. The molecule has 78 valence electrons. The molecule has 0 aromatic carbocycles. The maximum Gasteiger partial charge on any atom is 0.309 e. The third-order valence-electron chi connectivity index (χ3n) is 3.50. The molecule has 1 spiro atoms. The first kappa shape index (κ1) is 10.1. The largest absolute Gasteiger partial charge is 0.461 e. The fourth-order valence-electron chi connectivity index (χ4n) is 2.44. The summed E-state index contributed by atoms with van der Waals surface area (Å²) in [7, 11) is 2.38. The second kappa shape index (κ2) is 3.62. The Kier molecular flexibility index (Phi) is 2.61. The molecular formula is C10H15O3P. The Morgan fingerprint density at radius 1 is 1.50 bits per heavy atom. The Hall–Kier alpha value is -0.430. The summed E-state index contributed by atoms with van der Waals surface area (Å²) in [4.78, 5) is 22.5. The van der Waals surface area contributed by atoms with Gasteiger partial charge in [-0.1, -0.05) is 9.24 Å². The summed E-state index contributed by atoms with van der Waals surface area (Å²) in [6, 6.07) is 0. The van der Waals surface area contributed by atoms with Crippen LogP contribution in [0.2, 0.25) is 0 Å². The molecule has 0 aromatic heterocycles. The highest BCUT2D eigenvalue weighted by Crippen LogP contribution is 2.61. The fourth-order valence-corrected chi connectivity index (χ4v) is 2.61. The van der Waals surface area contributed by atoms with Gasteiger partial charge in [0.2, 0.25) is 0 Å². The van der Waals surface area contributed by atoms with Crippen LogP contribution in [0.4, 0.5) is 0 Å². The lowest BCUT2D eigenvalue weighted by atomic mass is 9.84. The van der Waals surface area contributed by atoms with Crippen LogP contribution >= 0.6 is 9.24 Å². The number of esters is 1. The van der Waals surface area contributed by atoms with Gasteiger partial charge in [-0.15, -0.1) is 0 Å². The quantitative estimate of drug-likeness (QED) is 0.517. The van der Waals surface area contributed by atoms with Gasteiger partial charge in [-0.25, -0.2) is 0 Å². The minimum absolute atomic E-state index is 0.0747. The van der Waals surface area contributed by atoms with Crippen LogP contribution in [0.15, 0.2) is 0 Å². The second-order valence-corrected chi connectivity index (χ2v) is 4.62. The van der Waals surface area contributed by atoms with Crippen LogP contribution in [0, 0.1) is 11.3 Å². The van der Waals surface area contributed by atoms with Gasteiger partial charge in [-0.3, -0.25) is 9.59 Å². The number of ketones is 1. The predicted octanol–water partition coefficient (Wildman–Crippen LogP) is 1.51. The molecule has 0 bridgehead atoms. The Bertz CT molecular complexity index is 265. The van der Waals surface area contributed by atoms with Crippen LogP contribution in [-0.2, 0) is 14.3 Å². The van der Waals surface area contributed by atoms with Gasteiger partial charge < -0.3 is 4.74 Å². The Morgan fingerprint density at radius 3 is 2.71 bits per heavy atom. The first-order valence-electron chi connectivity index (χ1n) is 5.06. The van der Waals surface area contributed by atoms with Crippen molar-refractivity contribution in [2.45, 2.75) is 32.1 Å². The van der Waals surface area contributed by atoms with Crippen molar-refractivity contribution in [1.29, 1.82) is 0 Å². The minimum Gasteiger partial charge on any atom is -0.461 e. The molecule has 0 amide bonds. The zero-order valence-corrected chi connectivity index (χ0v) is 9.28. The number of hydrogen-bond donors (Lipinski definition) is 0. The monoisotopic (exact) mass is 214 g/mol. The van der Waals surface area contributed by atoms with E-state index >= 15 is 0 Å². The molecule has 2 saturated carbocycles. The molecule has 2 aliphatic carbocycles. The summed E-state index contributed by atoms with van der Waals surface area (Å²) in [6.45, 7) is 0. The van der Waals surface area contributed by atoms with Gasteiger partial charge in [-0.05, 0) is 24.7 Å². The second-order valence-electron chi connectivity index (χ2n) is 4.29. The van der Waals surface area contributed by atoms with Crippen molar-refractivity contribution in [1.82, 2.24) is 0 Å². The van der Waals surface area contributed by atoms with Gasteiger partial charge in [0.25, 0.3) is 0 Å². The van der Waals surface area contributed by atoms with Crippen LogP contribution in [0.3, 0.4) is 0 Å². The zero-order chi connectivity index (χ0) is 10.2. The number of carbonyl (C=O) groups excluding carboxylic acids is 2. The molecular weight excluding hydrogens is 199 g/mol. The summed E-state index contributed by atoms with van der Waals surface area (Å²) < 4.78 is 4.96. The van der Waals surface area contributed by atoms with E-state index in [-0.39, 0.29) is 17.3 Å². The molecule has 0 radical (unpaired) electrons. The van der Waals surface area contributed by atoms with Crippen LogP contribution in [0.5, 0.6) is 0 Å². The van der Waals surface area contributed by atoms with Gasteiger partial charge in [0.05, 0.1) is 5.92 Å². The van der Waals surface area contributed by atoms with Crippen molar-refractivity contribution < 1.29 is 14.3 Å². The molecule has 0 aliphatic heterocycles. The summed E-state index contributed by atoms with van der Waals surface area (Å²) in [6.07, 6.45) is 4.41. The summed E-state index contributed by atoms with van der Waals surface area (Å²) >= 11 is 0. The van der Waals surface area contributed by atoms with E-state index in [0.717, 1.165) is 19.3 Å². The van der Waals surface area contributed by atoms with Crippen molar-refractivity contribution in [3.63, 3.8) is 0 Å². The van der Waals surface area contributed by atoms with Crippen molar-refractivity contribution in [3.8, 4) is 0 Å². The molecule has 2 unspecified atom stereocenters. The molecule has 2 atom stereocenters. The maximum atomic E-state index is 11.4. The first-order chi connectivity index (χ1) is 6.68. The number of ether oxygens (including phenoxy) is 1. The predicted molar refractivity (Wildman–Crippen MR) is 54.7 cm³/mol. The molecule has 2 rings (SSSR count). The van der Waals surface area contributed by atoms with E-state index in [9.17, 15) is 9.59 Å². The fraction of sp³-hybridized carbons (Fsp3) is 0.800. The number of hydrogen-bond acceptors (Lipinski definition) is 3.